The highest BCUT2D eigenvalue weighted by Crippen LogP contribution is 2.57. The number of anilines is 1. The Labute approximate surface area is 157 Å². The Morgan fingerprint density at radius 2 is 1.96 bits per heavy atom. The van der Waals surface area contributed by atoms with Crippen LogP contribution >= 0.6 is 0 Å². The van der Waals surface area contributed by atoms with Crippen molar-refractivity contribution in [1.82, 2.24) is 19.9 Å². The summed E-state index contributed by atoms with van der Waals surface area (Å²) < 4.78 is 38.5. The minimum Gasteiger partial charge on any atom is -0.353 e. The molecule has 2 atom stereocenters. The zero-order valence-electron chi connectivity index (χ0n) is 14.6. The van der Waals surface area contributed by atoms with Gasteiger partial charge >= 0.3 is 6.18 Å². The second-order valence-corrected chi connectivity index (χ2v) is 7.38. The summed E-state index contributed by atoms with van der Waals surface area (Å²) in [4.78, 5) is 26.5. The fourth-order valence-electron chi connectivity index (χ4n) is 4.30. The molecule has 9 heteroatoms. The van der Waals surface area contributed by atoms with E-state index in [-0.39, 0.29) is 17.5 Å². The predicted molar refractivity (Wildman–Crippen MR) is 95.1 cm³/mol. The summed E-state index contributed by atoms with van der Waals surface area (Å²) in [7, 11) is 0. The van der Waals surface area contributed by atoms with Gasteiger partial charge < -0.3 is 10.3 Å². The summed E-state index contributed by atoms with van der Waals surface area (Å²) in [5.41, 5.74) is 1.21. The number of alkyl halides is 3. The van der Waals surface area contributed by atoms with Gasteiger partial charge in [-0.3, -0.25) is 4.79 Å². The van der Waals surface area contributed by atoms with E-state index in [4.69, 9.17) is 0 Å². The molecule has 0 aliphatic heterocycles. The van der Waals surface area contributed by atoms with Crippen LogP contribution in [-0.4, -0.2) is 25.8 Å². The molecule has 2 aliphatic carbocycles. The van der Waals surface area contributed by atoms with Gasteiger partial charge in [0.05, 0.1) is 16.9 Å². The number of halogens is 3. The van der Waals surface area contributed by atoms with Gasteiger partial charge in [0.25, 0.3) is 0 Å². The molecule has 5 rings (SSSR count). The van der Waals surface area contributed by atoms with Gasteiger partial charge in [-0.1, -0.05) is 6.42 Å². The number of aromatic nitrogens is 4. The zero-order valence-corrected chi connectivity index (χ0v) is 14.6. The van der Waals surface area contributed by atoms with Crippen molar-refractivity contribution in [1.29, 1.82) is 0 Å². The molecule has 2 N–H and O–H groups in total. The van der Waals surface area contributed by atoms with Gasteiger partial charge in [0, 0.05) is 29.8 Å². The topological polar surface area (TPSA) is 83.6 Å². The van der Waals surface area contributed by atoms with Crippen LogP contribution in [0.2, 0.25) is 0 Å². The molecule has 0 radical (unpaired) electrons. The quantitative estimate of drug-likeness (QED) is 0.711. The molecule has 28 heavy (non-hydrogen) atoms. The third kappa shape index (κ3) is 2.90. The highest BCUT2D eigenvalue weighted by Gasteiger charge is 2.56. The number of carbonyl (C=O) groups excluding carboxylic acids is 1. The summed E-state index contributed by atoms with van der Waals surface area (Å²) in [6.07, 6.45) is 1.48. The lowest BCUT2D eigenvalue weighted by atomic mass is 10.1. The van der Waals surface area contributed by atoms with Crippen molar-refractivity contribution >= 4 is 22.6 Å². The van der Waals surface area contributed by atoms with E-state index in [1.807, 2.05) is 0 Å². The fraction of sp³-hybridized carbons (Fsp3) is 0.368. The van der Waals surface area contributed by atoms with Crippen LogP contribution in [0.15, 0.2) is 30.6 Å². The first-order valence-electron chi connectivity index (χ1n) is 9.10. The molecule has 2 aliphatic rings. The maximum Gasteiger partial charge on any atom is 0.451 e. The Kier molecular flexibility index (Phi) is 3.68. The first-order valence-corrected chi connectivity index (χ1v) is 9.10. The minimum atomic E-state index is -4.61. The monoisotopic (exact) mass is 387 g/mol. The van der Waals surface area contributed by atoms with Gasteiger partial charge in [-0.05, 0) is 36.8 Å². The van der Waals surface area contributed by atoms with Crippen molar-refractivity contribution in [2.75, 3.05) is 5.32 Å². The number of hydrogen-bond acceptors (Lipinski definition) is 4. The van der Waals surface area contributed by atoms with Gasteiger partial charge in [0.15, 0.2) is 0 Å². The molecule has 6 nitrogen and oxygen atoms in total. The molecular weight excluding hydrogens is 371 g/mol. The lowest BCUT2D eigenvalue weighted by Gasteiger charge is -2.06. The summed E-state index contributed by atoms with van der Waals surface area (Å²) >= 11 is 0. The zero-order chi connectivity index (χ0) is 19.5. The van der Waals surface area contributed by atoms with Gasteiger partial charge in [-0.15, -0.1) is 0 Å². The number of amides is 1. The number of carbonyl (C=O) groups is 1. The summed E-state index contributed by atoms with van der Waals surface area (Å²) in [6, 6.07) is 4.75. The van der Waals surface area contributed by atoms with Crippen LogP contribution in [0.25, 0.3) is 22.3 Å². The van der Waals surface area contributed by atoms with Crippen LogP contribution in [0.3, 0.4) is 0 Å². The van der Waals surface area contributed by atoms with Gasteiger partial charge in [-0.25, -0.2) is 15.0 Å². The number of rotatable bonds is 3. The molecule has 0 aromatic carbocycles. The Balaban J connectivity index is 1.39. The average molecular weight is 387 g/mol. The normalized spacial score (nSPS) is 23.6. The van der Waals surface area contributed by atoms with Crippen molar-refractivity contribution in [3.05, 3.63) is 36.4 Å². The molecule has 2 fully saturated rings. The Morgan fingerprint density at radius 3 is 2.71 bits per heavy atom. The van der Waals surface area contributed by atoms with E-state index < -0.39 is 12.0 Å². The SMILES string of the molecule is O=C(Nc1cc2[nH]c(-c3ccnc(C(F)(F)F)n3)cc2cn1)C1C2CCCC21. The van der Waals surface area contributed by atoms with E-state index in [0.29, 0.717) is 34.3 Å². The number of fused-ring (bicyclic) bond motifs is 2. The molecule has 3 aromatic rings. The first-order chi connectivity index (χ1) is 13.4. The highest BCUT2D eigenvalue weighted by atomic mass is 19.4. The molecule has 1 amide bonds. The standard InChI is InChI=1S/C19H16F3N5O/c20-19(21,22)18-23-5-4-12(26-18)14-6-9-8-24-15(7-13(9)25-14)27-17(28)16-10-2-1-3-11(10)16/h4-8,10-11,16,25H,1-3H2,(H,24,27,28). The number of nitrogens with zero attached hydrogens (tertiary/aromatic N) is 3. The van der Waals surface area contributed by atoms with Crippen molar-refractivity contribution in [3.8, 4) is 11.4 Å². The third-order valence-electron chi connectivity index (χ3n) is 5.65. The number of hydrogen-bond donors (Lipinski definition) is 2. The summed E-state index contributed by atoms with van der Waals surface area (Å²) in [5, 5.41) is 3.57. The molecule has 3 heterocycles. The van der Waals surface area contributed by atoms with E-state index in [2.05, 4.69) is 25.3 Å². The fourth-order valence-corrected chi connectivity index (χ4v) is 4.30. The maximum atomic E-state index is 12.8. The van der Waals surface area contributed by atoms with Crippen molar-refractivity contribution < 1.29 is 18.0 Å². The summed E-state index contributed by atoms with van der Waals surface area (Å²) in [6.45, 7) is 0. The number of pyridine rings is 1. The van der Waals surface area contributed by atoms with E-state index in [1.165, 1.54) is 12.5 Å². The van der Waals surface area contributed by atoms with E-state index in [0.717, 1.165) is 19.0 Å². The highest BCUT2D eigenvalue weighted by molar-refractivity contribution is 5.96. The number of nitrogens with one attached hydrogen (secondary N) is 2. The van der Waals surface area contributed by atoms with Crippen LogP contribution in [0.5, 0.6) is 0 Å². The van der Waals surface area contributed by atoms with E-state index in [1.54, 1.807) is 18.3 Å². The Bertz CT molecular complexity index is 1070. The van der Waals surface area contributed by atoms with Crippen molar-refractivity contribution in [3.63, 3.8) is 0 Å². The predicted octanol–water partition coefficient (Wildman–Crippen LogP) is 4.02. The van der Waals surface area contributed by atoms with Crippen LogP contribution in [0.4, 0.5) is 19.0 Å². The smallest absolute Gasteiger partial charge is 0.353 e. The third-order valence-corrected chi connectivity index (χ3v) is 5.65. The van der Waals surface area contributed by atoms with Crippen molar-refractivity contribution in [2.45, 2.75) is 25.4 Å². The molecule has 3 aromatic heterocycles. The van der Waals surface area contributed by atoms with E-state index >= 15 is 0 Å². The number of H-pyrrole nitrogens is 1. The first kappa shape index (κ1) is 17.2. The van der Waals surface area contributed by atoms with Crippen molar-refractivity contribution in [2.24, 2.45) is 17.8 Å². The van der Waals surface area contributed by atoms with E-state index in [9.17, 15) is 18.0 Å². The molecular formula is C19H16F3N5O. The largest absolute Gasteiger partial charge is 0.451 e. The van der Waals surface area contributed by atoms with Gasteiger partial charge in [-0.2, -0.15) is 13.2 Å². The molecule has 0 bridgehead atoms. The Hall–Kier alpha value is -2.97. The Morgan fingerprint density at radius 1 is 1.18 bits per heavy atom. The van der Waals surface area contributed by atoms with Gasteiger partial charge in [0.1, 0.15) is 5.82 Å². The second kappa shape index (κ2) is 6.02. The van der Waals surface area contributed by atoms with Crippen LogP contribution in [-0.2, 0) is 11.0 Å². The molecule has 2 unspecified atom stereocenters. The lowest BCUT2D eigenvalue weighted by molar-refractivity contribution is -0.144. The van der Waals surface area contributed by atoms with Gasteiger partial charge in [0.2, 0.25) is 11.7 Å². The lowest BCUT2D eigenvalue weighted by Crippen LogP contribution is -2.17. The molecule has 0 saturated heterocycles. The minimum absolute atomic E-state index is 0.000973. The van der Waals surface area contributed by atoms with Crippen LogP contribution in [0, 0.1) is 17.8 Å². The second-order valence-electron chi connectivity index (χ2n) is 7.38. The molecule has 0 spiro atoms. The van der Waals surface area contributed by atoms with Crippen LogP contribution < -0.4 is 5.32 Å². The summed E-state index contributed by atoms with van der Waals surface area (Å²) in [5.74, 6) is 0.355. The van der Waals surface area contributed by atoms with Crippen LogP contribution in [0.1, 0.15) is 25.1 Å². The average Bonchev–Trinajstić information content (AvgIpc) is 3.00. The number of aromatic amines is 1. The molecule has 144 valence electrons. The molecule has 2 saturated carbocycles. The maximum absolute atomic E-state index is 12.8.